The van der Waals surface area contributed by atoms with Gasteiger partial charge in [-0.3, -0.25) is 0 Å². The van der Waals surface area contributed by atoms with Crippen LogP contribution in [0, 0.1) is 5.92 Å². The topological polar surface area (TPSA) is 66.6 Å². The van der Waals surface area contributed by atoms with E-state index in [4.69, 9.17) is 17.3 Å². The number of nitrogens with two attached hydrogens (primary N) is 1. The molecule has 1 aromatic rings. The number of hydrogen-bond donors (Lipinski definition) is 1. The van der Waals surface area contributed by atoms with Crippen molar-refractivity contribution in [3.05, 3.63) is 21.6 Å². The van der Waals surface area contributed by atoms with Gasteiger partial charge in [0.15, 0.2) is 0 Å². The molecule has 1 atom stereocenters. The minimum Gasteiger partial charge on any atom is -0.398 e. The number of hydrogen-bond acceptors (Lipinski definition) is 4. The first-order chi connectivity index (χ1) is 9.71. The fourth-order valence-corrected chi connectivity index (χ4v) is 5.07. The molecule has 0 spiro atoms. The van der Waals surface area contributed by atoms with E-state index in [0.717, 1.165) is 19.5 Å². The van der Waals surface area contributed by atoms with E-state index < -0.39 is 10.0 Å². The van der Waals surface area contributed by atoms with Gasteiger partial charge in [-0.1, -0.05) is 11.6 Å². The molecule has 0 radical (unpaired) electrons. The van der Waals surface area contributed by atoms with Crippen LogP contribution < -0.4 is 5.73 Å². The van der Waals surface area contributed by atoms with Gasteiger partial charge in [-0.15, -0.1) is 0 Å². The smallest absolute Gasteiger partial charge is 0.244 e. The van der Waals surface area contributed by atoms with E-state index in [1.807, 2.05) is 7.05 Å². The van der Waals surface area contributed by atoms with E-state index in [9.17, 15) is 8.42 Å². The molecule has 1 aromatic carbocycles. The van der Waals surface area contributed by atoms with Crippen molar-refractivity contribution in [3.63, 3.8) is 0 Å². The third-order valence-electron chi connectivity index (χ3n) is 3.72. The Morgan fingerprint density at radius 3 is 2.76 bits per heavy atom. The van der Waals surface area contributed by atoms with Crippen molar-refractivity contribution in [2.24, 2.45) is 5.92 Å². The predicted molar refractivity (Wildman–Crippen MR) is 89.0 cm³/mol. The van der Waals surface area contributed by atoms with Gasteiger partial charge < -0.3 is 10.6 Å². The highest BCUT2D eigenvalue weighted by Crippen LogP contribution is 2.33. The summed E-state index contributed by atoms with van der Waals surface area (Å²) in [6.07, 6.45) is 1.01. The Bertz CT molecular complexity index is 639. The standard InChI is InChI=1S/C13H19BrClN3O2S/c1-17-4-3-9(7-17)8-18(2)21(19,20)12-6-10(15)5-11(16)13(12)14/h5-6,9H,3-4,7-8,16H2,1-2H3. The number of halogens is 2. The molecule has 5 nitrogen and oxygen atoms in total. The van der Waals surface area contributed by atoms with Crippen molar-refractivity contribution in [2.75, 3.05) is 39.5 Å². The van der Waals surface area contributed by atoms with Gasteiger partial charge in [-0.05, 0) is 54.0 Å². The van der Waals surface area contributed by atoms with Crippen LogP contribution in [0.25, 0.3) is 0 Å². The van der Waals surface area contributed by atoms with E-state index >= 15 is 0 Å². The highest BCUT2D eigenvalue weighted by molar-refractivity contribution is 9.10. The predicted octanol–water partition coefficient (Wildman–Crippen LogP) is 2.26. The zero-order chi connectivity index (χ0) is 15.8. The highest BCUT2D eigenvalue weighted by atomic mass is 79.9. The van der Waals surface area contributed by atoms with Crippen LogP contribution in [-0.4, -0.2) is 51.4 Å². The molecule has 0 aromatic heterocycles. The van der Waals surface area contributed by atoms with Crippen LogP contribution in [0.5, 0.6) is 0 Å². The van der Waals surface area contributed by atoms with E-state index in [2.05, 4.69) is 20.8 Å². The second-order valence-electron chi connectivity index (χ2n) is 5.51. The second-order valence-corrected chi connectivity index (χ2v) is 8.75. The van der Waals surface area contributed by atoms with Gasteiger partial charge in [-0.2, -0.15) is 0 Å². The number of nitrogen functional groups attached to an aromatic ring is 1. The maximum Gasteiger partial charge on any atom is 0.244 e. The second kappa shape index (κ2) is 6.42. The number of sulfonamides is 1. The molecule has 0 amide bonds. The third-order valence-corrected chi connectivity index (χ3v) is 6.94. The first-order valence-corrected chi connectivity index (χ1v) is 9.22. The number of nitrogens with zero attached hydrogens (tertiary/aromatic N) is 2. The van der Waals surface area contributed by atoms with E-state index in [0.29, 0.717) is 27.6 Å². The lowest BCUT2D eigenvalue weighted by atomic mass is 10.1. The lowest BCUT2D eigenvalue weighted by molar-refractivity contribution is 0.356. The van der Waals surface area contributed by atoms with Crippen molar-refractivity contribution < 1.29 is 8.42 Å². The van der Waals surface area contributed by atoms with Gasteiger partial charge in [-0.25, -0.2) is 12.7 Å². The van der Waals surface area contributed by atoms with Crippen LogP contribution in [0.4, 0.5) is 5.69 Å². The van der Waals surface area contributed by atoms with E-state index in [1.54, 1.807) is 7.05 Å². The normalized spacial score (nSPS) is 20.3. The van der Waals surface area contributed by atoms with Crippen LogP contribution in [0.2, 0.25) is 5.02 Å². The van der Waals surface area contributed by atoms with E-state index in [-0.39, 0.29) is 4.90 Å². The molecule has 1 aliphatic heterocycles. The molecule has 1 unspecified atom stereocenters. The number of anilines is 1. The Labute approximate surface area is 139 Å². The van der Waals surface area contributed by atoms with Crippen molar-refractivity contribution >= 4 is 43.2 Å². The van der Waals surface area contributed by atoms with Gasteiger partial charge >= 0.3 is 0 Å². The van der Waals surface area contributed by atoms with Gasteiger partial charge in [0.25, 0.3) is 0 Å². The average Bonchev–Trinajstić information content (AvgIpc) is 2.79. The molecular formula is C13H19BrClN3O2S. The molecule has 8 heteroatoms. The van der Waals surface area contributed by atoms with Crippen LogP contribution in [0.1, 0.15) is 6.42 Å². The zero-order valence-corrected chi connectivity index (χ0v) is 15.2. The molecule has 1 fully saturated rings. The molecular weight excluding hydrogens is 378 g/mol. The van der Waals surface area contributed by atoms with Crippen molar-refractivity contribution in [2.45, 2.75) is 11.3 Å². The number of benzene rings is 1. The zero-order valence-electron chi connectivity index (χ0n) is 12.0. The largest absolute Gasteiger partial charge is 0.398 e. The Morgan fingerprint density at radius 2 is 2.19 bits per heavy atom. The quantitative estimate of drug-likeness (QED) is 0.793. The molecule has 2 rings (SSSR count). The number of likely N-dealkylation sites (tertiary alicyclic amines) is 1. The molecule has 0 bridgehead atoms. The average molecular weight is 397 g/mol. The lowest BCUT2D eigenvalue weighted by Crippen LogP contribution is -2.33. The van der Waals surface area contributed by atoms with Gasteiger partial charge in [0, 0.05) is 30.8 Å². The summed E-state index contributed by atoms with van der Waals surface area (Å²) < 4.78 is 27.1. The lowest BCUT2D eigenvalue weighted by Gasteiger charge is -2.22. The summed E-state index contributed by atoms with van der Waals surface area (Å²) in [5.74, 6) is 0.352. The Hall–Kier alpha value is -0.340. The minimum atomic E-state index is -3.62. The van der Waals surface area contributed by atoms with Gasteiger partial charge in [0.1, 0.15) is 0 Å². The van der Waals surface area contributed by atoms with Gasteiger partial charge in [0.2, 0.25) is 10.0 Å². The third kappa shape index (κ3) is 3.71. The summed E-state index contributed by atoms with van der Waals surface area (Å²) in [6.45, 7) is 2.41. The van der Waals surface area contributed by atoms with Crippen LogP contribution in [0.15, 0.2) is 21.5 Å². The van der Waals surface area contributed by atoms with Crippen molar-refractivity contribution in [1.82, 2.24) is 9.21 Å². The number of rotatable bonds is 4. The Kier molecular flexibility index (Phi) is 5.20. The molecule has 118 valence electrons. The van der Waals surface area contributed by atoms with Crippen LogP contribution >= 0.6 is 27.5 Å². The molecule has 0 saturated carbocycles. The monoisotopic (exact) mass is 395 g/mol. The molecule has 2 N–H and O–H groups in total. The molecule has 1 saturated heterocycles. The van der Waals surface area contributed by atoms with Crippen molar-refractivity contribution in [3.8, 4) is 0 Å². The summed E-state index contributed by atoms with van der Waals surface area (Å²) in [4.78, 5) is 2.32. The fourth-order valence-electron chi connectivity index (χ4n) is 2.58. The van der Waals surface area contributed by atoms with E-state index in [1.165, 1.54) is 16.4 Å². The highest BCUT2D eigenvalue weighted by Gasteiger charge is 2.29. The first kappa shape index (κ1) is 17.0. The molecule has 1 heterocycles. The fraction of sp³-hybridized carbons (Fsp3) is 0.538. The summed E-state index contributed by atoms with van der Waals surface area (Å²) in [6, 6.07) is 2.95. The maximum absolute atomic E-state index is 12.7. The minimum absolute atomic E-state index is 0.112. The Morgan fingerprint density at radius 1 is 1.52 bits per heavy atom. The molecule has 1 aliphatic rings. The Balaban J connectivity index is 2.25. The van der Waals surface area contributed by atoms with Crippen molar-refractivity contribution in [1.29, 1.82) is 0 Å². The van der Waals surface area contributed by atoms with Gasteiger partial charge in [0.05, 0.1) is 9.37 Å². The first-order valence-electron chi connectivity index (χ1n) is 6.61. The van der Waals surface area contributed by atoms with Crippen LogP contribution in [-0.2, 0) is 10.0 Å². The molecule has 0 aliphatic carbocycles. The van der Waals surface area contributed by atoms with Crippen LogP contribution in [0.3, 0.4) is 0 Å². The summed E-state index contributed by atoms with van der Waals surface area (Å²) >= 11 is 9.17. The summed E-state index contributed by atoms with van der Waals surface area (Å²) in [5.41, 5.74) is 6.09. The summed E-state index contributed by atoms with van der Waals surface area (Å²) in [7, 11) is 0.0227. The SMILES string of the molecule is CN1CCC(CN(C)S(=O)(=O)c2cc(Cl)cc(N)c2Br)C1. The summed E-state index contributed by atoms with van der Waals surface area (Å²) in [5, 5.41) is 0.309. The molecule has 21 heavy (non-hydrogen) atoms. The maximum atomic E-state index is 12.7.